The molecule has 0 spiro atoms. The quantitative estimate of drug-likeness (QED) is 0.455. The summed E-state index contributed by atoms with van der Waals surface area (Å²) in [5.74, 6) is -0.808. The third kappa shape index (κ3) is 5.30. The number of pyridine rings is 2. The van der Waals surface area contributed by atoms with Gasteiger partial charge >= 0.3 is 6.18 Å². The number of carbonyl (C=O) groups excluding carboxylic acids is 2. The highest BCUT2D eigenvalue weighted by Crippen LogP contribution is 2.46. The summed E-state index contributed by atoms with van der Waals surface area (Å²) in [6.45, 7) is 2.20. The number of aromatic nitrogens is 2. The number of benzene rings is 1. The van der Waals surface area contributed by atoms with Gasteiger partial charge < -0.3 is 15.1 Å². The number of anilines is 2. The Morgan fingerprint density at radius 3 is 2.34 bits per heavy atom. The zero-order valence-corrected chi connectivity index (χ0v) is 21.3. The lowest BCUT2D eigenvalue weighted by Crippen LogP contribution is -2.46. The van der Waals surface area contributed by atoms with Gasteiger partial charge in [-0.3, -0.25) is 19.6 Å². The molecule has 10 heteroatoms. The lowest BCUT2D eigenvalue weighted by Gasteiger charge is -2.36. The van der Waals surface area contributed by atoms with Crippen LogP contribution in [-0.2, 0) is 9.59 Å². The van der Waals surface area contributed by atoms with E-state index >= 15 is 0 Å². The van der Waals surface area contributed by atoms with Crippen molar-refractivity contribution in [1.82, 2.24) is 19.8 Å². The fraction of sp³-hybridized carbons (Fsp3) is 0.429. The van der Waals surface area contributed by atoms with Crippen LogP contribution in [0.15, 0.2) is 48.8 Å². The summed E-state index contributed by atoms with van der Waals surface area (Å²) in [5, 5.41) is 3.31. The molecule has 1 atom stereocenters. The van der Waals surface area contributed by atoms with Crippen molar-refractivity contribution in [2.45, 2.75) is 50.7 Å². The molecule has 3 aromatic rings. The molecule has 1 aromatic carbocycles. The number of nitrogens with one attached hydrogen (secondary N) is 1. The predicted octanol–water partition coefficient (Wildman–Crippen LogP) is 5.57. The summed E-state index contributed by atoms with van der Waals surface area (Å²) in [6.07, 6.45) is 1.66. The number of rotatable bonds is 6. The third-order valence-corrected chi connectivity index (χ3v) is 7.49. The molecule has 5 rings (SSSR count). The second kappa shape index (κ2) is 10.2. The Labute approximate surface area is 219 Å². The number of fused-ring (bicyclic) bond motifs is 1. The first-order valence-corrected chi connectivity index (χ1v) is 12.8. The van der Waals surface area contributed by atoms with Crippen LogP contribution in [0, 0.1) is 5.92 Å². The van der Waals surface area contributed by atoms with Crippen molar-refractivity contribution in [2.75, 3.05) is 25.5 Å². The largest absolute Gasteiger partial charge is 0.413 e. The van der Waals surface area contributed by atoms with Gasteiger partial charge in [-0.25, -0.2) is 0 Å². The molecular weight excluding hydrogens is 495 g/mol. The smallest absolute Gasteiger partial charge is 0.354 e. The van der Waals surface area contributed by atoms with Crippen LogP contribution in [0.1, 0.15) is 55.7 Å². The number of carbonyl (C=O) groups is 2. The van der Waals surface area contributed by atoms with E-state index in [1.54, 1.807) is 29.4 Å². The van der Waals surface area contributed by atoms with Crippen LogP contribution < -0.4 is 5.32 Å². The molecule has 1 aliphatic heterocycles. The maximum Gasteiger partial charge on any atom is 0.413 e. The van der Waals surface area contributed by atoms with Crippen LogP contribution in [0.5, 0.6) is 0 Å². The highest BCUT2D eigenvalue weighted by molar-refractivity contribution is 5.85. The summed E-state index contributed by atoms with van der Waals surface area (Å²) in [4.78, 5) is 36.0. The average molecular weight is 526 g/mol. The molecule has 200 valence electrons. The van der Waals surface area contributed by atoms with Gasteiger partial charge in [0.15, 0.2) is 6.04 Å². The molecule has 3 heterocycles. The van der Waals surface area contributed by atoms with Gasteiger partial charge in [0, 0.05) is 50.4 Å². The maximum absolute atomic E-state index is 14.2. The highest BCUT2D eigenvalue weighted by Gasteiger charge is 2.46. The van der Waals surface area contributed by atoms with E-state index in [1.807, 2.05) is 12.1 Å². The second-order valence-corrected chi connectivity index (χ2v) is 10.2. The Hall–Kier alpha value is -3.69. The van der Waals surface area contributed by atoms with Gasteiger partial charge in [0.05, 0.1) is 22.9 Å². The minimum atomic E-state index is -4.65. The van der Waals surface area contributed by atoms with Crippen molar-refractivity contribution < 1.29 is 22.8 Å². The van der Waals surface area contributed by atoms with Crippen LogP contribution in [0.25, 0.3) is 11.0 Å². The minimum absolute atomic E-state index is 0.0132. The lowest BCUT2D eigenvalue weighted by atomic mass is 9.94. The molecule has 0 bridgehead atoms. The summed E-state index contributed by atoms with van der Waals surface area (Å²) < 4.78 is 42.7. The van der Waals surface area contributed by atoms with Gasteiger partial charge in [0.25, 0.3) is 0 Å². The fourth-order valence-electron chi connectivity index (χ4n) is 5.32. The molecule has 0 unspecified atom stereocenters. The minimum Gasteiger partial charge on any atom is -0.354 e. The molecule has 1 N–H and O–H groups in total. The van der Waals surface area contributed by atoms with Gasteiger partial charge in [-0.05, 0) is 61.4 Å². The van der Waals surface area contributed by atoms with Crippen LogP contribution in [0.4, 0.5) is 24.5 Å². The number of hydrogen-bond donors (Lipinski definition) is 1. The molecular formula is C28H30F3N5O2. The van der Waals surface area contributed by atoms with E-state index in [0.29, 0.717) is 37.5 Å². The van der Waals surface area contributed by atoms with Crippen LogP contribution in [0.2, 0.25) is 0 Å². The van der Waals surface area contributed by atoms with Crippen molar-refractivity contribution in [3.05, 3.63) is 59.9 Å². The SMILES string of the molecule is CC(=O)N1CCC(C(=O)N(C)[C@@H](c2ccc(Nc3cnc4cccnc4c3C3CC3)cc2)C(F)(F)F)CC1. The van der Waals surface area contributed by atoms with Crippen molar-refractivity contribution in [3.63, 3.8) is 0 Å². The fourth-order valence-corrected chi connectivity index (χ4v) is 5.32. The summed E-state index contributed by atoms with van der Waals surface area (Å²) in [5.41, 5.74) is 4.13. The molecule has 0 radical (unpaired) electrons. The highest BCUT2D eigenvalue weighted by atomic mass is 19.4. The van der Waals surface area contributed by atoms with Gasteiger partial charge in [-0.2, -0.15) is 13.2 Å². The molecule has 2 amide bonds. The van der Waals surface area contributed by atoms with Crippen LogP contribution >= 0.6 is 0 Å². The van der Waals surface area contributed by atoms with Gasteiger partial charge in [0.1, 0.15) is 0 Å². The number of hydrogen-bond acceptors (Lipinski definition) is 5. The first-order valence-electron chi connectivity index (χ1n) is 12.8. The van der Waals surface area contributed by atoms with E-state index in [1.165, 1.54) is 26.1 Å². The first kappa shape index (κ1) is 25.9. The molecule has 1 saturated heterocycles. The topological polar surface area (TPSA) is 78.4 Å². The maximum atomic E-state index is 14.2. The van der Waals surface area contributed by atoms with Gasteiger partial charge in [-0.15, -0.1) is 0 Å². The molecule has 2 aromatic heterocycles. The number of halogens is 3. The van der Waals surface area contributed by atoms with Crippen molar-refractivity contribution >= 4 is 34.2 Å². The molecule has 1 aliphatic carbocycles. The Bertz CT molecular complexity index is 1330. The lowest BCUT2D eigenvalue weighted by molar-refractivity contribution is -0.191. The van der Waals surface area contributed by atoms with Crippen LogP contribution in [0.3, 0.4) is 0 Å². The predicted molar refractivity (Wildman–Crippen MR) is 138 cm³/mol. The zero-order chi connectivity index (χ0) is 27.0. The van der Waals surface area contributed by atoms with E-state index in [-0.39, 0.29) is 11.5 Å². The normalized spacial score (nSPS) is 17.3. The molecule has 1 saturated carbocycles. The number of amides is 2. The average Bonchev–Trinajstić information content (AvgIpc) is 3.73. The third-order valence-electron chi connectivity index (χ3n) is 7.49. The summed E-state index contributed by atoms with van der Waals surface area (Å²) in [7, 11) is 1.21. The van der Waals surface area contributed by atoms with E-state index in [2.05, 4.69) is 15.3 Å². The van der Waals surface area contributed by atoms with E-state index in [0.717, 1.165) is 40.0 Å². The Balaban J connectivity index is 1.35. The monoisotopic (exact) mass is 525 g/mol. The Morgan fingerprint density at radius 2 is 1.74 bits per heavy atom. The Kier molecular flexibility index (Phi) is 6.98. The number of likely N-dealkylation sites (tertiary alicyclic amines) is 1. The van der Waals surface area contributed by atoms with Gasteiger partial charge in [-0.1, -0.05) is 12.1 Å². The molecule has 38 heavy (non-hydrogen) atoms. The van der Waals surface area contributed by atoms with Crippen molar-refractivity contribution in [1.29, 1.82) is 0 Å². The van der Waals surface area contributed by atoms with Crippen molar-refractivity contribution in [2.24, 2.45) is 5.92 Å². The number of nitrogens with zero attached hydrogens (tertiary/aromatic N) is 4. The summed E-state index contributed by atoms with van der Waals surface area (Å²) in [6, 6.07) is 7.69. The second-order valence-electron chi connectivity index (χ2n) is 10.2. The standard InChI is InChI=1S/C28H30F3N5O2/c1-17(37)36-14-11-20(12-15-36)27(38)35(2)26(28(29,30)31)19-7-9-21(10-8-19)34-23-16-33-22-4-3-13-32-25(22)24(23)18-5-6-18/h3-4,7-10,13,16,18,20,26,34H,5-6,11-12,14-15H2,1-2H3/t26-/m0/s1. The zero-order valence-electron chi connectivity index (χ0n) is 21.3. The first-order chi connectivity index (χ1) is 18.1. The van der Waals surface area contributed by atoms with Gasteiger partial charge in [0.2, 0.25) is 11.8 Å². The van der Waals surface area contributed by atoms with E-state index in [4.69, 9.17) is 0 Å². The molecule has 2 fully saturated rings. The summed E-state index contributed by atoms with van der Waals surface area (Å²) >= 11 is 0. The van der Waals surface area contributed by atoms with E-state index < -0.39 is 24.0 Å². The van der Waals surface area contributed by atoms with Crippen molar-refractivity contribution in [3.8, 4) is 0 Å². The molecule has 7 nitrogen and oxygen atoms in total. The Morgan fingerprint density at radius 1 is 1.05 bits per heavy atom. The van der Waals surface area contributed by atoms with Crippen LogP contribution in [-0.4, -0.2) is 57.9 Å². The van der Waals surface area contributed by atoms with E-state index in [9.17, 15) is 22.8 Å². The number of alkyl halides is 3. The molecule has 2 aliphatic rings. The number of piperidine rings is 1.